The molecule has 3 aromatic rings. The van der Waals surface area contributed by atoms with Crippen LogP contribution in [0, 0.1) is 6.92 Å². The van der Waals surface area contributed by atoms with Crippen LogP contribution in [0.2, 0.25) is 0 Å². The van der Waals surface area contributed by atoms with E-state index >= 15 is 0 Å². The monoisotopic (exact) mass is 358 g/mol. The minimum absolute atomic E-state index is 0.0316. The van der Waals surface area contributed by atoms with Gasteiger partial charge in [0.15, 0.2) is 0 Å². The lowest BCUT2D eigenvalue weighted by Gasteiger charge is -2.07. The second kappa shape index (κ2) is 8.95. The molecule has 0 unspecified atom stereocenters. The topological polar surface area (TPSA) is 43.4 Å². The normalized spacial score (nSPS) is 10.4. The zero-order chi connectivity index (χ0) is 19.1. The number of hydrogen-bond donors (Lipinski definition) is 0. The predicted molar refractivity (Wildman–Crippen MR) is 106 cm³/mol. The third-order valence-electron chi connectivity index (χ3n) is 4.22. The Balaban J connectivity index is 1.50. The number of carbonyl (C=O) groups is 2. The van der Waals surface area contributed by atoms with E-state index in [1.165, 1.54) is 0 Å². The van der Waals surface area contributed by atoms with E-state index in [0.29, 0.717) is 12.2 Å². The fourth-order valence-corrected chi connectivity index (χ4v) is 2.81. The Morgan fingerprint density at radius 3 is 1.70 bits per heavy atom. The molecule has 0 aliphatic carbocycles. The Kier molecular flexibility index (Phi) is 6.16. The summed E-state index contributed by atoms with van der Waals surface area (Å²) in [6.45, 7) is 2.01. The van der Waals surface area contributed by atoms with Gasteiger partial charge in [-0.1, -0.05) is 60.2 Å². The van der Waals surface area contributed by atoms with Crippen LogP contribution >= 0.6 is 0 Å². The third kappa shape index (κ3) is 5.93. The van der Waals surface area contributed by atoms with Gasteiger partial charge in [-0.2, -0.15) is 0 Å². The molecule has 3 rings (SSSR count). The van der Waals surface area contributed by atoms with Crippen molar-refractivity contribution in [3.8, 4) is 11.5 Å². The summed E-state index contributed by atoms with van der Waals surface area (Å²) in [5, 5.41) is 0. The van der Waals surface area contributed by atoms with Crippen molar-refractivity contribution < 1.29 is 14.3 Å². The molecule has 0 fully saturated rings. The summed E-state index contributed by atoms with van der Waals surface area (Å²) in [6.07, 6.45) is 0.525. The van der Waals surface area contributed by atoms with Gasteiger partial charge in [0, 0.05) is 12.8 Å². The van der Waals surface area contributed by atoms with Crippen LogP contribution in [0.4, 0.5) is 0 Å². The lowest BCUT2D eigenvalue weighted by molar-refractivity contribution is -0.126. The Labute approximate surface area is 159 Å². The summed E-state index contributed by atoms with van der Waals surface area (Å²) in [4.78, 5) is 24.3. The molecule has 0 N–H and O–H groups in total. The molecule has 27 heavy (non-hydrogen) atoms. The van der Waals surface area contributed by atoms with E-state index in [0.717, 1.165) is 22.4 Å². The van der Waals surface area contributed by atoms with Gasteiger partial charge in [0.05, 0.1) is 6.42 Å². The quantitative estimate of drug-likeness (QED) is 0.526. The molecule has 0 atom stereocenters. The summed E-state index contributed by atoms with van der Waals surface area (Å²) in [7, 11) is 0. The standard InChI is InChI=1S/C24H22O3/c1-18-7-9-19(10-8-18)15-21(25)17-22(26)16-20-11-13-24(14-12-20)27-23-5-3-2-4-6-23/h2-14H,15-17H2,1H3. The van der Waals surface area contributed by atoms with Crippen LogP contribution < -0.4 is 4.74 Å². The van der Waals surface area contributed by atoms with Crippen LogP contribution in [0.5, 0.6) is 11.5 Å². The Bertz CT molecular complexity index is 895. The Morgan fingerprint density at radius 2 is 1.15 bits per heavy atom. The van der Waals surface area contributed by atoms with Crippen molar-refractivity contribution in [3.05, 3.63) is 95.6 Å². The zero-order valence-electron chi connectivity index (χ0n) is 15.4. The molecule has 0 aliphatic rings. The highest BCUT2D eigenvalue weighted by Crippen LogP contribution is 2.21. The summed E-state index contributed by atoms with van der Waals surface area (Å²) in [5.41, 5.74) is 2.98. The summed E-state index contributed by atoms with van der Waals surface area (Å²) >= 11 is 0. The van der Waals surface area contributed by atoms with Gasteiger partial charge in [0.1, 0.15) is 23.1 Å². The largest absolute Gasteiger partial charge is 0.457 e. The van der Waals surface area contributed by atoms with Crippen molar-refractivity contribution in [1.82, 2.24) is 0 Å². The molecular weight excluding hydrogens is 336 g/mol. The highest BCUT2D eigenvalue weighted by Gasteiger charge is 2.11. The molecule has 0 saturated carbocycles. The highest BCUT2D eigenvalue weighted by atomic mass is 16.5. The minimum atomic E-state index is -0.0659. The molecule has 0 aromatic heterocycles. The molecule has 3 nitrogen and oxygen atoms in total. The van der Waals surface area contributed by atoms with Crippen molar-refractivity contribution in [3.63, 3.8) is 0 Å². The van der Waals surface area contributed by atoms with E-state index in [-0.39, 0.29) is 24.4 Å². The zero-order valence-corrected chi connectivity index (χ0v) is 15.4. The maximum Gasteiger partial charge on any atom is 0.144 e. The Hall–Kier alpha value is -3.20. The number of benzene rings is 3. The molecule has 3 aromatic carbocycles. The number of aryl methyl sites for hydroxylation is 1. The molecule has 0 radical (unpaired) electrons. The molecule has 0 heterocycles. The summed E-state index contributed by atoms with van der Waals surface area (Å²) in [5.74, 6) is 1.37. The summed E-state index contributed by atoms with van der Waals surface area (Å²) in [6, 6.07) is 24.7. The first-order valence-corrected chi connectivity index (χ1v) is 8.99. The first-order valence-electron chi connectivity index (χ1n) is 8.99. The average molecular weight is 358 g/mol. The molecule has 0 aliphatic heterocycles. The molecule has 0 spiro atoms. The second-order valence-electron chi connectivity index (χ2n) is 6.65. The van der Waals surface area contributed by atoms with Gasteiger partial charge in [0.25, 0.3) is 0 Å². The van der Waals surface area contributed by atoms with Gasteiger partial charge in [0.2, 0.25) is 0 Å². The van der Waals surface area contributed by atoms with Gasteiger partial charge < -0.3 is 4.74 Å². The lowest BCUT2D eigenvalue weighted by Crippen LogP contribution is -2.12. The lowest BCUT2D eigenvalue weighted by atomic mass is 10.0. The number of rotatable bonds is 8. The number of ketones is 2. The maximum absolute atomic E-state index is 12.2. The van der Waals surface area contributed by atoms with E-state index in [2.05, 4.69) is 0 Å². The fraction of sp³-hybridized carbons (Fsp3) is 0.167. The highest BCUT2D eigenvalue weighted by molar-refractivity contribution is 6.00. The van der Waals surface area contributed by atoms with Crippen molar-refractivity contribution in [2.45, 2.75) is 26.2 Å². The third-order valence-corrected chi connectivity index (χ3v) is 4.22. The molecule has 0 saturated heterocycles. The predicted octanol–water partition coefficient (Wildman–Crippen LogP) is 5.10. The average Bonchev–Trinajstić information content (AvgIpc) is 2.66. The van der Waals surface area contributed by atoms with E-state index in [4.69, 9.17) is 4.74 Å². The first kappa shape index (κ1) is 18.6. The Morgan fingerprint density at radius 1 is 0.667 bits per heavy atom. The van der Waals surface area contributed by atoms with E-state index in [1.54, 1.807) is 0 Å². The number of Topliss-reactive ketones (excluding diaryl/α,β-unsaturated/α-hetero) is 2. The molecule has 0 bridgehead atoms. The molecule has 3 heteroatoms. The maximum atomic E-state index is 12.2. The van der Waals surface area contributed by atoms with Crippen molar-refractivity contribution in [1.29, 1.82) is 0 Å². The summed E-state index contributed by atoms with van der Waals surface area (Å²) < 4.78 is 5.74. The minimum Gasteiger partial charge on any atom is -0.457 e. The van der Waals surface area contributed by atoms with E-state index in [9.17, 15) is 9.59 Å². The van der Waals surface area contributed by atoms with Gasteiger partial charge in [-0.25, -0.2) is 0 Å². The van der Waals surface area contributed by atoms with Gasteiger partial charge in [-0.3, -0.25) is 9.59 Å². The molecule has 136 valence electrons. The van der Waals surface area contributed by atoms with Crippen LogP contribution in [-0.4, -0.2) is 11.6 Å². The SMILES string of the molecule is Cc1ccc(CC(=O)CC(=O)Cc2ccc(Oc3ccccc3)cc2)cc1. The smallest absolute Gasteiger partial charge is 0.144 e. The van der Waals surface area contributed by atoms with Crippen molar-refractivity contribution in [2.24, 2.45) is 0 Å². The number of para-hydroxylation sites is 1. The van der Waals surface area contributed by atoms with E-state index in [1.807, 2.05) is 85.8 Å². The molecule has 0 amide bonds. The van der Waals surface area contributed by atoms with Crippen LogP contribution in [0.25, 0.3) is 0 Å². The van der Waals surface area contributed by atoms with Gasteiger partial charge in [-0.05, 0) is 42.3 Å². The first-order chi connectivity index (χ1) is 13.1. The molecular formula is C24H22O3. The van der Waals surface area contributed by atoms with Gasteiger partial charge in [-0.15, -0.1) is 0 Å². The van der Waals surface area contributed by atoms with Crippen LogP contribution in [0.15, 0.2) is 78.9 Å². The van der Waals surface area contributed by atoms with E-state index < -0.39 is 0 Å². The van der Waals surface area contributed by atoms with Crippen LogP contribution in [-0.2, 0) is 22.4 Å². The van der Waals surface area contributed by atoms with Gasteiger partial charge >= 0.3 is 0 Å². The van der Waals surface area contributed by atoms with Crippen LogP contribution in [0.1, 0.15) is 23.1 Å². The van der Waals surface area contributed by atoms with Crippen molar-refractivity contribution >= 4 is 11.6 Å². The second-order valence-corrected chi connectivity index (χ2v) is 6.65. The van der Waals surface area contributed by atoms with Crippen molar-refractivity contribution in [2.75, 3.05) is 0 Å². The number of ether oxygens (including phenoxy) is 1. The number of carbonyl (C=O) groups excluding carboxylic acids is 2. The fourth-order valence-electron chi connectivity index (χ4n) is 2.81. The number of hydrogen-bond acceptors (Lipinski definition) is 3. The van der Waals surface area contributed by atoms with Crippen LogP contribution in [0.3, 0.4) is 0 Å².